The van der Waals surface area contributed by atoms with Crippen molar-refractivity contribution in [1.82, 2.24) is 14.5 Å². The van der Waals surface area contributed by atoms with Crippen LogP contribution in [0, 0.1) is 5.82 Å². The molecule has 1 aromatic heterocycles. The van der Waals surface area contributed by atoms with Gasteiger partial charge in [-0.1, -0.05) is 60.7 Å². The molecule has 4 aromatic rings. The zero-order valence-corrected chi connectivity index (χ0v) is 21.0. The van der Waals surface area contributed by atoms with Crippen molar-refractivity contribution in [2.24, 2.45) is 0 Å². The van der Waals surface area contributed by atoms with Crippen molar-refractivity contribution in [2.45, 2.75) is 43.9 Å². The van der Waals surface area contributed by atoms with E-state index in [2.05, 4.69) is 4.98 Å². The SMILES string of the molecule is CC(C)N(Cc1cnc(S(=O)(=O)Cc2ccc(F)cc2)n1Cc1ccccc1)C(=O)c1ccccc1. The molecular weight excluding hydrogens is 477 g/mol. The Labute approximate surface area is 211 Å². The number of carbonyl (C=O) groups excluding carboxylic acids is 1. The van der Waals surface area contributed by atoms with Crippen LogP contribution in [0.2, 0.25) is 0 Å². The van der Waals surface area contributed by atoms with Gasteiger partial charge in [-0.3, -0.25) is 4.79 Å². The van der Waals surface area contributed by atoms with E-state index in [1.54, 1.807) is 21.6 Å². The molecule has 6 nitrogen and oxygen atoms in total. The van der Waals surface area contributed by atoms with Crippen molar-refractivity contribution in [2.75, 3.05) is 0 Å². The van der Waals surface area contributed by atoms with E-state index in [-0.39, 0.29) is 35.9 Å². The third kappa shape index (κ3) is 5.88. The number of hydrogen-bond donors (Lipinski definition) is 0. The summed E-state index contributed by atoms with van der Waals surface area (Å²) in [5, 5.41) is -0.0819. The van der Waals surface area contributed by atoms with Crippen molar-refractivity contribution in [3.8, 4) is 0 Å². The molecule has 0 fully saturated rings. The second-order valence-electron chi connectivity index (χ2n) is 8.88. The second-order valence-corrected chi connectivity index (χ2v) is 10.8. The molecule has 0 aliphatic carbocycles. The quantitative estimate of drug-likeness (QED) is 0.318. The third-order valence-electron chi connectivity index (χ3n) is 5.87. The maximum absolute atomic E-state index is 13.4. The van der Waals surface area contributed by atoms with Gasteiger partial charge in [-0.05, 0) is 49.2 Å². The zero-order valence-electron chi connectivity index (χ0n) is 20.2. The van der Waals surface area contributed by atoms with E-state index in [9.17, 15) is 17.6 Å². The standard InChI is InChI=1S/C28H28FN3O3S/c1-21(2)31(27(33)24-11-7-4-8-12-24)19-26-17-30-28(32(26)18-22-9-5-3-6-10-22)36(34,35)20-23-13-15-25(29)16-14-23/h3-17,21H,18-20H2,1-2H3. The van der Waals surface area contributed by atoms with Crippen LogP contribution >= 0.6 is 0 Å². The maximum Gasteiger partial charge on any atom is 0.254 e. The summed E-state index contributed by atoms with van der Waals surface area (Å²) < 4.78 is 41.8. The molecule has 0 atom stereocenters. The molecule has 4 rings (SSSR count). The van der Waals surface area contributed by atoms with Gasteiger partial charge in [0.05, 0.1) is 30.7 Å². The number of imidazole rings is 1. The van der Waals surface area contributed by atoms with E-state index in [1.165, 1.54) is 30.5 Å². The number of hydrogen-bond acceptors (Lipinski definition) is 4. The Kier molecular flexibility index (Phi) is 7.64. The summed E-state index contributed by atoms with van der Waals surface area (Å²) in [6.45, 7) is 4.31. The number of amides is 1. The molecule has 0 radical (unpaired) electrons. The lowest BCUT2D eigenvalue weighted by Gasteiger charge is -2.27. The summed E-state index contributed by atoms with van der Waals surface area (Å²) in [5.74, 6) is -0.885. The monoisotopic (exact) mass is 505 g/mol. The molecule has 0 saturated carbocycles. The van der Waals surface area contributed by atoms with Crippen LogP contribution in [-0.2, 0) is 28.7 Å². The van der Waals surface area contributed by atoms with Gasteiger partial charge in [0, 0.05) is 11.6 Å². The molecule has 1 heterocycles. The molecule has 1 amide bonds. The Hall–Kier alpha value is -3.78. The molecule has 0 spiro atoms. The number of aromatic nitrogens is 2. The van der Waals surface area contributed by atoms with Crippen LogP contribution in [0.15, 0.2) is 96.3 Å². The minimum Gasteiger partial charge on any atom is -0.330 e. The van der Waals surface area contributed by atoms with Crippen LogP contribution in [0.3, 0.4) is 0 Å². The van der Waals surface area contributed by atoms with Crippen LogP contribution in [-0.4, -0.2) is 34.8 Å². The van der Waals surface area contributed by atoms with Gasteiger partial charge in [0.2, 0.25) is 15.0 Å². The summed E-state index contributed by atoms with van der Waals surface area (Å²) in [6, 6.07) is 23.7. The Morgan fingerprint density at radius 2 is 1.53 bits per heavy atom. The van der Waals surface area contributed by atoms with Gasteiger partial charge < -0.3 is 9.47 Å². The number of benzene rings is 3. The van der Waals surface area contributed by atoms with Gasteiger partial charge in [0.25, 0.3) is 5.91 Å². The largest absolute Gasteiger partial charge is 0.330 e. The molecule has 0 saturated heterocycles. The lowest BCUT2D eigenvalue weighted by atomic mass is 10.1. The highest BCUT2D eigenvalue weighted by atomic mass is 32.2. The molecule has 0 unspecified atom stereocenters. The first-order chi connectivity index (χ1) is 17.2. The first-order valence-electron chi connectivity index (χ1n) is 11.7. The smallest absolute Gasteiger partial charge is 0.254 e. The number of carbonyl (C=O) groups is 1. The van der Waals surface area contributed by atoms with Gasteiger partial charge >= 0.3 is 0 Å². The fourth-order valence-corrected chi connectivity index (χ4v) is 5.47. The van der Waals surface area contributed by atoms with Crippen molar-refractivity contribution >= 4 is 15.7 Å². The average Bonchev–Trinajstić information content (AvgIpc) is 3.27. The number of rotatable bonds is 9. The Morgan fingerprint density at radius 3 is 2.14 bits per heavy atom. The van der Waals surface area contributed by atoms with Crippen molar-refractivity contribution in [1.29, 1.82) is 0 Å². The van der Waals surface area contributed by atoms with E-state index >= 15 is 0 Å². The molecule has 0 N–H and O–H groups in total. The second kappa shape index (κ2) is 10.9. The predicted molar refractivity (Wildman–Crippen MR) is 137 cm³/mol. The highest BCUT2D eigenvalue weighted by Crippen LogP contribution is 2.22. The molecule has 36 heavy (non-hydrogen) atoms. The van der Waals surface area contributed by atoms with Crippen molar-refractivity contribution in [3.05, 3.63) is 119 Å². The third-order valence-corrected chi connectivity index (χ3v) is 7.47. The van der Waals surface area contributed by atoms with Crippen molar-refractivity contribution in [3.63, 3.8) is 0 Å². The molecule has 0 aliphatic rings. The predicted octanol–water partition coefficient (Wildman–Crippen LogP) is 5.10. The topological polar surface area (TPSA) is 72.3 Å². The first kappa shape index (κ1) is 25.3. The van der Waals surface area contributed by atoms with Gasteiger partial charge in [-0.25, -0.2) is 17.8 Å². The van der Waals surface area contributed by atoms with Crippen molar-refractivity contribution < 1.29 is 17.6 Å². The fourth-order valence-electron chi connectivity index (χ4n) is 3.98. The summed E-state index contributed by atoms with van der Waals surface area (Å²) in [7, 11) is -3.86. The molecule has 0 aliphatic heterocycles. The molecule has 186 valence electrons. The Balaban J connectivity index is 1.72. The number of halogens is 1. The molecular formula is C28H28FN3O3S. The molecule has 8 heteroatoms. The van der Waals surface area contributed by atoms with Gasteiger partial charge in [-0.2, -0.15) is 0 Å². The maximum atomic E-state index is 13.4. The number of sulfone groups is 1. The summed E-state index contributed by atoms with van der Waals surface area (Å²) in [5.41, 5.74) is 2.54. The number of nitrogens with zero attached hydrogens (tertiary/aromatic N) is 3. The van der Waals surface area contributed by atoms with Gasteiger partial charge in [-0.15, -0.1) is 0 Å². The Bertz CT molecular complexity index is 1420. The fraction of sp³-hybridized carbons (Fsp3) is 0.214. The van der Waals surface area contributed by atoms with Crippen LogP contribution in [0.5, 0.6) is 0 Å². The van der Waals surface area contributed by atoms with Crippen LogP contribution in [0.1, 0.15) is 41.0 Å². The first-order valence-corrected chi connectivity index (χ1v) is 13.3. The lowest BCUT2D eigenvalue weighted by molar-refractivity contribution is 0.0685. The zero-order chi connectivity index (χ0) is 25.7. The Morgan fingerprint density at radius 1 is 0.917 bits per heavy atom. The highest BCUT2D eigenvalue weighted by Gasteiger charge is 2.27. The minimum absolute atomic E-state index is 0.0819. The lowest BCUT2D eigenvalue weighted by Crippen LogP contribution is -2.37. The average molecular weight is 506 g/mol. The minimum atomic E-state index is -3.86. The van der Waals surface area contributed by atoms with E-state index in [0.717, 1.165) is 5.56 Å². The van der Waals surface area contributed by atoms with Gasteiger partial charge in [0.15, 0.2) is 0 Å². The molecule has 3 aromatic carbocycles. The van der Waals surface area contributed by atoms with E-state index in [1.807, 2.05) is 62.4 Å². The van der Waals surface area contributed by atoms with E-state index in [0.29, 0.717) is 16.8 Å². The summed E-state index contributed by atoms with van der Waals surface area (Å²) >= 11 is 0. The normalized spacial score (nSPS) is 11.6. The van der Waals surface area contributed by atoms with E-state index < -0.39 is 15.7 Å². The van der Waals surface area contributed by atoms with Crippen LogP contribution in [0.25, 0.3) is 0 Å². The molecule has 0 bridgehead atoms. The summed E-state index contributed by atoms with van der Waals surface area (Å²) in [4.78, 5) is 19.3. The van der Waals surface area contributed by atoms with Crippen LogP contribution in [0.4, 0.5) is 4.39 Å². The van der Waals surface area contributed by atoms with Gasteiger partial charge in [0.1, 0.15) is 5.82 Å². The van der Waals surface area contributed by atoms with Crippen LogP contribution < -0.4 is 0 Å². The van der Waals surface area contributed by atoms with E-state index in [4.69, 9.17) is 0 Å². The highest BCUT2D eigenvalue weighted by molar-refractivity contribution is 7.90. The summed E-state index contributed by atoms with van der Waals surface area (Å²) in [6.07, 6.45) is 1.52.